The van der Waals surface area contributed by atoms with E-state index < -0.39 is 18.0 Å². The van der Waals surface area contributed by atoms with Gasteiger partial charge in [0, 0.05) is 20.6 Å². The Hall–Kier alpha value is -3.08. The second kappa shape index (κ2) is 7.98. The Labute approximate surface area is 177 Å². The third-order valence-electron chi connectivity index (χ3n) is 5.31. The summed E-state index contributed by atoms with van der Waals surface area (Å²) in [6.07, 6.45) is 5.67. The molecular formula is C18H21ClN7O4+. The van der Waals surface area contributed by atoms with Gasteiger partial charge in [-0.25, -0.2) is 19.3 Å². The van der Waals surface area contributed by atoms with Crippen LogP contribution in [0.4, 0.5) is 4.79 Å². The van der Waals surface area contributed by atoms with E-state index in [1.165, 1.54) is 30.7 Å². The Morgan fingerprint density at radius 2 is 2.00 bits per heavy atom. The van der Waals surface area contributed by atoms with Gasteiger partial charge in [0.2, 0.25) is 0 Å². The number of ether oxygens (including phenoxy) is 1. The summed E-state index contributed by atoms with van der Waals surface area (Å²) >= 11 is 5.79. The lowest BCUT2D eigenvalue weighted by atomic mass is 10.1. The SMILES string of the molecule is CN1C(=O)C2C(=NC=[N+]2CC(=O)N2CCCC(Oc3ncc(Cl)cn3)C2)N(C)C1=O. The van der Waals surface area contributed by atoms with Crippen LogP contribution in [0.3, 0.4) is 0 Å². The van der Waals surface area contributed by atoms with Crippen LogP contribution >= 0.6 is 11.6 Å². The zero-order valence-electron chi connectivity index (χ0n) is 16.6. The summed E-state index contributed by atoms with van der Waals surface area (Å²) in [5.74, 6) is -0.225. The molecular weight excluding hydrogens is 414 g/mol. The van der Waals surface area contributed by atoms with Gasteiger partial charge in [-0.05, 0) is 17.8 Å². The standard InChI is InChI=1S/C18H21ClN7O4/c1-23-15-14(16(28)24(2)18(23)29)26(10-22-15)9-13(27)25-5-3-4-12(8-25)30-17-20-6-11(19)7-21-17/h6-7,10,12,14H,3-5,8-9H2,1-2H3/q+1. The lowest BCUT2D eigenvalue weighted by molar-refractivity contribution is -0.520. The van der Waals surface area contributed by atoms with Crippen molar-refractivity contribution in [3.63, 3.8) is 0 Å². The fourth-order valence-corrected chi connectivity index (χ4v) is 3.80. The molecule has 2 atom stereocenters. The van der Waals surface area contributed by atoms with Crippen LogP contribution in [0.1, 0.15) is 12.8 Å². The molecule has 1 aromatic rings. The second-order valence-corrected chi connectivity index (χ2v) is 7.76. The molecule has 0 aliphatic carbocycles. The van der Waals surface area contributed by atoms with E-state index in [4.69, 9.17) is 16.3 Å². The normalized spacial score (nSPS) is 23.9. The van der Waals surface area contributed by atoms with Crippen LogP contribution in [0.25, 0.3) is 0 Å². The van der Waals surface area contributed by atoms with Gasteiger partial charge < -0.3 is 9.64 Å². The molecule has 0 saturated carbocycles. The Morgan fingerprint density at radius 3 is 2.73 bits per heavy atom. The van der Waals surface area contributed by atoms with Crippen molar-refractivity contribution in [1.29, 1.82) is 0 Å². The van der Waals surface area contributed by atoms with E-state index in [0.29, 0.717) is 23.9 Å². The monoisotopic (exact) mass is 434 g/mol. The number of halogens is 1. The molecule has 158 valence electrons. The molecule has 2 fully saturated rings. The van der Waals surface area contributed by atoms with E-state index in [1.807, 2.05) is 0 Å². The first kappa shape index (κ1) is 20.2. The number of aliphatic imine (C=N–C) groups is 1. The molecule has 3 aliphatic heterocycles. The first-order valence-electron chi connectivity index (χ1n) is 9.49. The van der Waals surface area contributed by atoms with Gasteiger partial charge in [0.1, 0.15) is 6.10 Å². The van der Waals surface area contributed by atoms with Crippen LogP contribution in [-0.4, -0.2) is 105 Å². The number of carbonyl (C=O) groups is 3. The van der Waals surface area contributed by atoms with E-state index in [0.717, 1.165) is 17.7 Å². The second-order valence-electron chi connectivity index (χ2n) is 7.32. The third kappa shape index (κ3) is 3.72. The molecule has 0 N–H and O–H groups in total. The van der Waals surface area contributed by atoms with Crippen molar-refractivity contribution in [3.05, 3.63) is 17.4 Å². The summed E-state index contributed by atoms with van der Waals surface area (Å²) in [7, 11) is 2.98. The smallest absolute Gasteiger partial charge is 0.333 e. The maximum atomic E-state index is 12.9. The number of likely N-dealkylation sites (tertiary alicyclic amines) is 1. The maximum absolute atomic E-state index is 12.9. The number of carbonyl (C=O) groups excluding carboxylic acids is 3. The van der Waals surface area contributed by atoms with E-state index in [2.05, 4.69) is 15.0 Å². The number of rotatable bonds is 4. The molecule has 0 spiro atoms. The minimum absolute atomic E-state index is 0.0244. The van der Waals surface area contributed by atoms with Gasteiger partial charge in [-0.1, -0.05) is 11.6 Å². The number of likely N-dealkylation sites (N-methyl/N-ethyl adjacent to an activating group) is 2. The number of imide groups is 1. The fourth-order valence-electron chi connectivity index (χ4n) is 3.70. The Balaban J connectivity index is 1.39. The lowest BCUT2D eigenvalue weighted by Gasteiger charge is -2.33. The number of amidine groups is 1. The Bertz CT molecular complexity index is 948. The highest BCUT2D eigenvalue weighted by Crippen LogP contribution is 2.19. The number of hydrogen-bond donors (Lipinski definition) is 0. The van der Waals surface area contributed by atoms with E-state index in [-0.39, 0.29) is 24.6 Å². The van der Waals surface area contributed by atoms with Crippen LogP contribution in [0, 0.1) is 0 Å². The quantitative estimate of drug-likeness (QED) is 0.609. The van der Waals surface area contributed by atoms with Gasteiger partial charge in [0.15, 0.2) is 6.54 Å². The van der Waals surface area contributed by atoms with E-state index >= 15 is 0 Å². The molecule has 0 radical (unpaired) electrons. The van der Waals surface area contributed by atoms with Crippen molar-refractivity contribution in [2.45, 2.75) is 25.0 Å². The zero-order valence-corrected chi connectivity index (χ0v) is 17.3. The predicted octanol–water partition coefficient (Wildman–Crippen LogP) is -0.155. The van der Waals surface area contributed by atoms with Crippen LogP contribution < -0.4 is 4.74 Å². The van der Waals surface area contributed by atoms with Crippen LogP contribution in [0.2, 0.25) is 5.02 Å². The van der Waals surface area contributed by atoms with E-state index in [9.17, 15) is 14.4 Å². The van der Waals surface area contributed by atoms with Crippen LogP contribution in [-0.2, 0) is 9.59 Å². The lowest BCUT2D eigenvalue weighted by Crippen LogP contribution is -2.62. The average molecular weight is 435 g/mol. The molecule has 30 heavy (non-hydrogen) atoms. The van der Waals surface area contributed by atoms with Crippen molar-refractivity contribution in [2.75, 3.05) is 33.7 Å². The minimum Gasteiger partial charge on any atom is -0.458 e. The molecule has 3 aliphatic rings. The maximum Gasteiger partial charge on any atom is 0.333 e. The summed E-state index contributed by atoms with van der Waals surface area (Å²) in [4.78, 5) is 53.9. The van der Waals surface area contributed by atoms with Crippen molar-refractivity contribution < 1.29 is 23.7 Å². The summed E-state index contributed by atoms with van der Waals surface area (Å²) in [6.45, 7) is 0.964. The van der Waals surface area contributed by atoms with Crippen molar-refractivity contribution >= 4 is 41.6 Å². The van der Waals surface area contributed by atoms with Gasteiger partial charge >= 0.3 is 12.0 Å². The number of amides is 4. The molecule has 0 aromatic carbocycles. The average Bonchev–Trinajstić information content (AvgIpc) is 3.16. The Kier molecular flexibility index (Phi) is 5.37. The first-order chi connectivity index (χ1) is 14.3. The number of piperidine rings is 1. The number of hydrogen-bond acceptors (Lipinski definition) is 7. The van der Waals surface area contributed by atoms with Gasteiger partial charge in [0.25, 0.3) is 30.0 Å². The zero-order chi connectivity index (χ0) is 21.4. The first-order valence-corrected chi connectivity index (χ1v) is 9.87. The van der Waals surface area contributed by atoms with Gasteiger partial charge in [-0.3, -0.25) is 19.4 Å². The third-order valence-corrected chi connectivity index (χ3v) is 5.51. The summed E-state index contributed by atoms with van der Waals surface area (Å²) in [6, 6.07) is -1.01. The number of nitrogens with zero attached hydrogens (tertiary/aromatic N) is 7. The van der Waals surface area contributed by atoms with E-state index in [1.54, 1.807) is 16.5 Å². The largest absolute Gasteiger partial charge is 0.458 e. The van der Waals surface area contributed by atoms with Crippen molar-refractivity contribution in [2.24, 2.45) is 4.99 Å². The number of urea groups is 1. The van der Waals surface area contributed by atoms with Crippen molar-refractivity contribution in [3.8, 4) is 6.01 Å². The summed E-state index contributed by atoms with van der Waals surface area (Å²) in [5, 5.41) is 0.418. The topological polar surface area (TPSA) is 111 Å². The Morgan fingerprint density at radius 1 is 1.27 bits per heavy atom. The molecule has 0 bridgehead atoms. The molecule has 12 heteroatoms. The molecule has 4 heterocycles. The molecule has 4 rings (SSSR count). The predicted molar refractivity (Wildman–Crippen MR) is 106 cm³/mol. The minimum atomic E-state index is -0.777. The van der Waals surface area contributed by atoms with Gasteiger partial charge in [-0.15, -0.1) is 0 Å². The fraction of sp³-hybridized carbons (Fsp3) is 0.500. The van der Waals surface area contributed by atoms with Crippen molar-refractivity contribution in [1.82, 2.24) is 24.7 Å². The molecule has 11 nitrogen and oxygen atoms in total. The highest BCUT2D eigenvalue weighted by Gasteiger charge is 2.51. The summed E-state index contributed by atoms with van der Waals surface area (Å²) < 4.78 is 7.34. The summed E-state index contributed by atoms with van der Waals surface area (Å²) in [5.41, 5.74) is 0. The molecule has 2 unspecified atom stereocenters. The number of aromatic nitrogens is 2. The highest BCUT2D eigenvalue weighted by atomic mass is 35.5. The molecule has 4 amide bonds. The highest BCUT2D eigenvalue weighted by molar-refractivity contribution is 6.30. The van der Waals surface area contributed by atoms with Gasteiger partial charge in [-0.2, -0.15) is 0 Å². The van der Waals surface area contributed by atoms with Crippen LogP contribution in [0.5, 0.6) is 6.01 Å². The molecule has 2 saturated heterocycles. The van der Waals surface area contributed by atoms with Crippen LogP contribution in [0.15, 0.2) is 17.4 Å². The molecule has 1 aromatic heterocycles. The van der Waals surface area contributed by atoms with Gasteiger partial charge in [0.05, 0.1) is 24.0 Å². The number of fused-ring (bicyclic) bond motifs is 1.